The Bertz CT molecular complexity index is 583. The van der Waals surface area contributed by atoms with Gasteiger partial charge in [0.25, 0.3) is 0 Å². The number of carbonyl (C=O) groups is 1. The highest BCUT2D eigenvalue weighted by Crippen LogP contribution is 2.56. The first kappa shape index (κ1) is 11.5. The molecule has 3 aliphatic rings. The quantitative estimate of drug-likeness (QED) is 0.698. The van der Waals surface area contributed by atoms with Gasteiger partial charge < -0.3 is 0 Å². The monoisotopic (exact) mass is 252 g/mol. The summed E-state index contributed by atoms with van der Waals surface area (Å²) in [6, 6.07) is 6.64. The maximum absolute atomic E-state index is 12.7. The molecule has 1 nitrogen and oxygen atoms in total. The molecule has 3 aliphatic carbocycles. The van der Waals surface area contributed by atoms with Gasteiger partial charge in [0.05, 0.1) is 5.41 Å². The highest BCUT2D eigenvalue weighted by Gasteiger charge is 2.55. The SMILES string of the molecule is CCc1cccc2c1CCC(=O)C21CC2C=CC1C2. The van der Waals surface area contributed by atoms with Gasteiger partial charge in [-0.15, -0.1) is 0 Å². The molecule has 1 spiro atoms. The smallest absolute Gasteiger partial charge is 0.144 e. The number of aryl methyl sites for hydroxylation is 1. The lowest BCUT2D eigenvalue weighted by molar-refractivity contribution is -0.126. The Balaban J connectivity index is 1.94. The maximum Gasteiger partial charge on any atom is 0.144 e. The molecule has 4 rings (SSSR count). The molecule has 2 bridgehead atoms. The minimum Gasteiger partial charge on any atom is -0.299 e. The number of Topliss-reactive ketones (excluding diaryl/α,β-unsaturated/α-hetero) is 1. The van der Waals surface area contributed by atoms with Crippen LogP contribution in [-0.4, -0.2) is 5.78 Å². The fourth-order valence-electron chi connectivity index (χ4n) is 4.78. The number of hydrogen-bond acceptors (Lipinski definition) is 1. The van der Waals surface area contributed by atoms with Gasteiger partial charge in [-0.2, -0.15) is 0 Å². The van der Waals surface area contributed by atoms with E-state index in [0.29, 0.717) is 17.6 Å². The lowest BCUT2D eigenvalue weighted by Crippen LogP contribution is -2.43. The molecule has 0 saturated heterocycles. The average molecular weight is 252 g/mol. The van der Waals surface area contributed by atoms with Gasteiger partial charge in [0.2, 0.25) is 0 Å². The summed E-state index contributed by atoms with van der Waals surface area (Å²) in [4.78, 5) is 12.7. The maximum atomic E-state index is 12.7. The predicted molar refractivity (Wildman–Crippen MR) is 76.2 cm³/mol. The predicted octanol–water partition coefficient (Wildman–Crippen LogP) is 3.60. The first-order chi connectivity index (χ1) is 9.25. The summed E-state index contributed by atoms with van der Waals surface area (Å²) >= 11 is 0. The summed E-state index contributed by atoms with van der Waals surface area (Å²) in [6.45, 7) is 2.22. The zero-order chi connectivity index (χ0) is 13.0. The molecule has 1 aromatic rings. The zero-order valence-electron chi connectivity index (χ0n) is 11.5. The van der Waals surface area contributed by atoms with E-state index in [4.69, 9.17) is 0 Å². The molecule has 0 aliphatic heterocycles. The summed E-state index contributed by atoms with van der Waals surface area (Å²) < 4.78 is 0. The largest absolute Gasteiger partial charge is 0.299 e. The van der Waals surface area contributed by atoms with Crippen LogP contribution in [0.1, 0.15) is 42.9 Å². The highest BCUT2D eigenvalue weighted by molar-refractivity contribution is 5.94. The summed E-state index contributed by atoms with van der Waals surface area (Å²) in [6.07, 6.45) is 9.70. The molecule has 19 heavy (non-hydrogen) atoms. The van der Waals surface area contributed by atoms with E-state index in [0.717, 1.165) is 25.7 Å². The fraction of sp³-hybridized carbons (Fsp3) is 0.500. The first-order valence-electron chi connectivity index (χ1n) is 7.58. The van der Waals surface area contributed by atoms with E-state index in [1.165, 1.54) is 23.1 Å². The van der Waals surface area contributed by atoms with Crippen LogP contribution in [0, 0.1) is 11.8 Å². The third kappa shape index (κ3) is 1.34. The van der Waals surface area contributed by atoms with E-state index in [-0.39, 0.29) is 5.41 Å². The van der Waals surface area contributed by atoms with Crippen LogP contribution in [0.4, 0.5) is 0 Å². The van der Waals surface area contributed by atoms with Gasteiger partial charge in [0.1, 0.15) is 5.78 Å². The van der Waals surface area contributed by atoms with E-state index < -0.39 is 0 Å². The van der Waals surface area contributed by atoms with Crippen molar-refractivity contribution in [2.45, 2.75) is 44.4 Å². The van der Waals surface area contributed by atoms with Gasteiger partial charge in [-0.25, -0.2) is 0 Å². The van der Waals surface area contributed by atoms with Crippen molar-refractivity contribution in [1.29, 1.82) is 0 Å². The lowest BCUT2D eigenvalue weighted by atomic mass is 9.61. The summed E-state index contributed by atoms with van der Waals surface area (Å²) in [5.74, 6) is 1.62. The number of benzene rings is 1. The third-order valence-electron chi connectivity index (χ3n) is 5.62. The van der Waals surface area contributed by atoms with Crippen LogP contribution in [0.3, 0.4) is 0 Å². The van der Waals surface area contributed by atoms with E-state index in [9.17, 15) is 4.79 Å². The highest BCUT2D eigenvalue weighted by atomic mass is 16.1. The van der Waals surface area contributed by atoms with E-state index in [2.05, 4.69) is 37.3 Å². The van der Waals surface area contributed by atoms with Gasteiger partial charge in [-0.1, -0.05) is 37.3 Å². The Kier molecular flexibility index (Phi) is 2.30. The van der Waals surface area contributed by atoms with Crippen molar-refractivity contribution < 1.29 is 4.79 Å². The van der Waals surface area contributed by atoms with Crippen molar-refractivity contribution in [3.8, 4) is 0 Å². The Morgan fingerprint density at radius 2 is 2.16 bits per heavy atom. The van der Waals surface area contributed by atoms with E-state index in [1.54, 1.807) is 0 Å². The standard InChI is InChI=1S/C18H20O/c1-2-13-4-3-5-16-15(13)8-9-17(19)18(16)11-12-6-7-14(18)10-12/h3-7,12,14H,2,8-11H2,1H3. The van der Waals surface area contributed by atoms with Gasteiger partial charge in [0, 0.05) is 6.42 Å². The molecule has 1 saturated carbocycles. The molecular formula is C18H20O. The molecule has 0 amide bonds. The molecule has 0 heterocycles. The van der Waals surface area contributed by atoms with Gasteiger partial charge in [-0.3, -0.25) is 4.79 Å². The van der Waals surface area contributed by atoms with Crippen molar-refractivity contribution in [2.24, 2.45) is 11.8 Å². The molecule has 0 radical (unpaired) electrons. The molecule has 98 valence electrons. The van der Waals surface area contributed by atoms with Crippen molar-refractivity contribution >= 4 is 5.78 Å². The molecule has 0 N–H and O–H groups in total. The minimum atomic E-state index is -0.155. The van der Waals surface area contributed by atoms with Crippen molar-refractivity contribution in [1.82, 2.24) is 0 Å². The molecule has 1 fully saturated rings. The Labute approximate surface area is 114 Å². The Hall–Kier alpha value is -1.37. The molecule has 3 atom stereocenters. The van der Waals surface area contributed by atoms with Crippen LogP contribution < -0.4 is 0 Å². The molecule has 1 aromatic carbocycles. The Morgan fingerprint density at radius 1 is 1.26 bits per heavy atom. The van der Waals surface area contributed by atoms with Gasteiger partial charge >= 0.3 is 0 Å². The summed E-state index contributed by atoms with van der Waals surface area (Å²) in [5, 5.41) is 0. The van der Waals surface area contributed by atoms with Gasteiger partial charge in [-0.05, 0) is 54.2 Å². The van der Waals surface area contributed by atoms with Crippen molar-refractivity contribution in [3.05, 3.63) is 47.0 Å². The number of carbonyl (C=O) groups excluding carboxylic acids is 1. The number of ketones is 1. The average Bonchev–Trinajstić information content (AvgIpc) is 3.04. The van der Waals surface area contributed by atoms with Crippen LogP contribution in [-0.2, 0) is 23.1 Å². The number of hydrogen-bond donors (Lipinski definition) is 0. The molecule has 0 aromatic heterocycles. The third-order valence-corrected chi connectivity index (χ3v) is 5.62. The van der Waals surface area contributed by atoms with Gasteiger partial charge in [0.15, 0.2) is 0 Å². The lowest BCUT2D eigenvalue weighted by Gasteiger charge is -2.40. The van der Waals surface area contributed by atoms with E-state index in [1.807, 2.05) is 0 Å². The number of allylic oxidation sites excluding steroid dienone is 2. The zero-order valence-corrected chi connectivity index (χ0v) is 11.5. The molecular weight excluding hydrogens is 232 g/mol. The van der Waals surface area contributed by atoms with Crippen molar-refractivity contribution in [2.75, 3.05) is 0 Å². The van der Waals surface area contributed by atoms with Crippen LogP contribution in [0.15, 0.2) is 30.4 Å². The minimum absolute atomic E-state index is 0.155. The van der Waals surface area contributed by atoms with Crippen LogP contribution in [0.5, 0.6) is 0 Å². The second-order valence-corrected chi connectivity index (χ2v) is 6.38. The van der Waals surface area contributed by atoms with E-state index >= 15 is 0 Å². The molecule has 3 unspecified atom stereocenters. The Morgan fingerprint density at radius 3 is 2.84 bits per heavy atom. The number of fused-ring (bicyclic) bond motifs is 5. The first-order valence-corrected chi connectivity index (χ1v) is 7.58. The summed E-state index contributed by atoms with van der Waals surface area (Å²) in [5.41, 5.74) is 4.17. The van der Waals surface area contributed by atoms with Crippen LogP contribution >= 0.6 is 0 Å². The second kappa shape index (κ2) is 3.82. The van der Waals surface area contributed by atoms with Crippen LogP contribution in [0.25, 0.3) is 0 Å². The summed E-state index contributed by atoms with van der Waals surface area (Å²) in [7, 11) is 0. The second-order valence-electron chi connectivity index (χ2n) is 6.38. The topological polar surface area (TPSA) is 17.1 Å². The van der Waals surface area contributed by atoms with Crippen LogP contribution in [0.2, 0.25) is 0 Å². The van der Waals surface area contributed by atoms with Crippen molar-refractivity contribution in [3.63, 3.8) is 0 Å². The number of rotatable bonds is 1. The normalized spacial score (nSPS) is 35.1. The fourth-order valence-corrected chi connectivity index (χ4v) is 4.78. The molecule has 1 heteroatoms.